The Morgan fingerprint density at radius 1 is 1.42 bits per heavy atom. The maximum absolute atomic E-state index is 7.67. The van der Waals surface area contributed by atoms with Gasteiger partial charge in [0.2, 0.25) is 0 Å². The van der Waals surface area contributed by atoms with Gasteiger partial charge in [-0.2, -0.15) is 0 Å². The van der Waals surface area contributed by atoms with Gasteiger partial charge in [0, 0.05) is 17.1 Å². The Kier molecular flexibility index (Phi) is 4.16. The second-order valence-corrected chi connectivity index (χ2v) is 5.62. The molecule has 2 rings (SSSR count). The molecular weight excluding hydrogens is 256 g/mol. The van der Waals surface area contributed by atoms with E-state index in [1.165, 1.54) is 4.88 Å². The molecule has 0 aromatic carbocycles. The zero-order valence-electron chi connectivity index (χ0n) is 11.1. The first-order valence-corrected chi connectivity index (χ1v) is 7.06. The lowest BCUT2D eigenvalue weighted by Crippen LogP contribution is -2.32. The quantitative estimate of drug-likeness (QED) is 0.651. The predicted molar refractivity (Wildman–Crippen MR) is 80.9 cm³/mol. The first-order valence-electron chi connectivity index (χ1n) is 6.18. The molecule has 19 heavy (non-hydrogen) atoms. The molecule has 0 unspecified atom stereocenters. The van der Waals surface area contributed by atoms with Crippen molar-refractivity contribution in [1.82, 2.24) is 4.98 Å². The molecule has 0 aliphatic heterocycles. The van der Waals surface area contributed by atoms with E-state index in [1.54, 1.807) is 17.5 Å². The molecule has 2 heterocycles. The standard InChI is InChI=1S/C14H18N4S/c1-10(2)18(9-11-5-4-8-19-11)14-12(13(15)16)6-3-7-17-14/h3-8,10H,9H2,1-2H3,(H3,15,16). The van der Waals surface area contributed by atoms with Crippen molar-refractivity contribution >= 4 is 23.0 Å². The predicted octanol–water partition coefficient (Wildman–Crippen LogP) is 2.84. The third kappa shape index (κ3) is 3.12. The summed E-state index contributed by atoms with van der Waals surface area (Å²) < 4.78 is 0. The van der Waals surface area contributed by atoms with E-state index in [1.807, 2.05) is 18.2 Å². The topological polar surface area (TPSA) is 66.0 Å². The number of nitrogens with zero attached hydrogens (tertiary/aromatic N) is 2. The van der Waals surface area contributed by atoms with Gasteiger partial charge in [0.15, 0.2) is 0 Å². The molecule has 0 amide bonds. The van der Waals surface area contributed by atoms with Crippen LogP contribution in [0.3, 0.4) is 0 Å². The van der Waals surface area contributed by atoms with Crippen molar-refractivity contribution in [2.75, 3.05) is 4.90 Å². The highest BCUT2D eigenvalue weighted by Gasteiger charge is 2.17. The Bertz CT molecular complexity index is 548. The molecule has 5 heteroatoms. The van der Waals surface area contributed by atoms with E-state index in [0.29, 0.717) is 5.56 Å². The largest absolute Gasteiger partial charge is 0.384 e. The smallest absolute Gasteiger partial charge is 0.140 e. The summed E-state index contributed by atoms with van der Waals surface area (Å²) in [5, 5.41) is 9.74. The number of amidine groups is 1. The van der Waals surface area contributed by atoms with Gasteiger partial charge >= 0.3 is 0 Å². The molecule has 0 radical (unpaired) electrons. The fourth-order valence-electron chi connectivity index (χ4n) is 1.91. The molecule has 3 N–H and O–H groups in total. The molecule has 2 aromatic rings. The second kappa shape index (κ2) is 5.84. The van der Waals surface area contributed by atoms with Crippen LogP contribution in [0.4, 0.5) is 5.82 Å². The number of nitrogens with two attached hydrogens (primary N) is 1. The van der Waals surface area contributed by atoms with Gasteiger partial charge < -0.3 is 10.6 Å². The van der Waals surface area contributed by atoms with Crippen molar-refractivity contribution in [1.29, 1.82) is 5.41 Å². The minimum atomic E-state index is 0.0555. The molecule has 2 aromatic heterocycles. The van der Waals surface area contributed by atoms with Gasteiger partial charge in [0.1, 0.15) is 11.7 Å². The molecule has 0 saturated heterocycles. The summed E-state index contributed by atoms with van der Waals surface area (Å²) in [6.45, 7) is 5.02. The van der Waals surface area contributed by atoms with Crippen LogP contribution in [0.5, 0.6) is 0 Å². The van der Waals surface area contributed by atoms with E-state index < -0.39 is 0 Å². The van der Waals surface area contributed by atoms with Crippen LogP contribution in [-0.2, 0) is 6.54 Å². The van der Waals surface area contributed by atoms with E-state index in [2.05, 4.69) is 35.2 Å². The molecule has 0 aliphatic carbocycles. The van der Waals surface area contributed by atoms with Crippen LogP contribution < -0.4 is 10.6 Å². The van der Waals surface area contributed by atoms with Gasteiger partial charge in [0.25, 0.3) is 0 Å². The van der Waals surface area contributed by atoms with Crippen molar-refractivity contribution in [3.63, 3.8) is 0 Å². The molecule has 0 atom stereocenters. The summed E-state index contributed by atoms with van der Waals surface area (Å²) in [6.07, 6.45) is 1.74. The van der Waals surface area contributed by atoms with Gasteiger partial charge in [-0.15, -0.1) is 11.3 Å². The van der Waals surface area contributed by atoms with E-state index >= 15 is 0 Å². The summed E-state index contributed by atoms with van der Waals surface area (Å²) in [7, 11) is 0. The van der Waals surface area contributed by atoms with Crippen LogP contribution >= 0.6 is 11.3 Å². The Morgan fingerprint density at radius 2 is 2.21 bits per heavy atom. The molecule has 0 spiro atoms. The second-order valence-electron chi connectivity index (χ2n) is 4.59. The fourth-order valence-corrected chi connectivity index (χ4v) is 2.61. The number of anilines is 1. The monoisotopic (exact) mass is 274 g/mol. The van der Waals surface area contributed by atoms with Crippen molar-refractivity contribution < 1.29 is 0 Å². The average Bonchev–Trinajstić information content (AvgIpc) is 2.88. The summed E-state index contributed by atoms with van der Waals surface area (Å²) in [4.78, 5) is 7.85. The molecule has 100 valence electrons. The summed E-state index contributed by atoms with van der Waals surface area (Å²) in [5.74, 6) is 0.832. The highest BCUT2D eigenvalue weighted by Crippen LogP contribution is 2.23. The molecule has 0 saturated carbocycles. The number of thiophene rings is 1. The van der Waals surface area contributed by atoms with E-state index in [-0.39, 0.29) is 11.9 Å². The van der Waals surface area contributed by atoms with Crippen LogP contribution in [0.25, 0.3) is 0 Å². The summed E-state index contributed by atoms with van der Waals surface area (Å²) in [6, 6.07) is 8.09. The zero-order chi connectivity index (χ0) is 13.8. The Hall–Kier alpha value is -1.88. The van der Waals surface area contributed by atoms with Gasteiger partial charge in [-0.05, 0) is 37.4 Å². The van der Waals surface area contributed by atoms with E-state index in [0.717, 1.165) is 12.4 Å². The zero-order valence-corrected chi connectivity index (χ0v) is 11.9. The maximum atomic E-state index is 7.67. The molecule has 4 nitrogen and oxygen atoms in total. The SMILES string of the molecule is CC(C)N(Cc1cccs1)c1ncccc1C(=N)N. The normalized spacial score (nSPS) is 10.7. The highest BCUT2D eigenvalue weighted by atomic mass is 32.1. The lowest BCUT2D eigenvalue weighted by atomic mass is 10.2. The highest BCUT2D eigenvalue weighted by molar-refractivity contribution is 7.09. The molecule has 0 fully saturated rings. The van der Waals surface area contributed by atoms with Crippen molar-refractivity contribution in [2.45, 2.75) is 26.4 Å². The van der Waals surface area contributed by atoms with Crippen molar-refractivity contribution in [2.24, 2.45) is 5.73 Å². The van der Waals surface area contributed by atoms with Gasteiger partial charge in [0.05, 0.1) is 12.1 Å². The Morgan fingerprint density at radius 3 is 2.79 bits per heavy atom. The van der Waals surface area contributed by atoms with Crippen LogP contribution in [0.1, 0.15) is 24.3 Å². The number of hydrogen-bond donors (Lipinski definition) is 2. The summed E-state index contributed by atoms with van der Waals surface area (Å²) in [5.41, 5.74) is 6.33. The lowest BCUT2D eigenvalue weighted by Gasteiger charge is -2.29. The number of nitrogens with one attached hydrogen (secondary N) is 1. The first-order chi connectivity index (χ1) is 9.09. The fraction of sp³-hybridized carbons (Fsp3) is 0.286. The van der Waals surface area contributed by atoms with Crippen LogP contribution in [0.2, 0.25) is 0 Å². The number of hydrogen-bond acceptors (Lipinski definition) is 4. The minimum Gasteiger partial charge on any atom is -0.384 e. The number of nitrogen functional groups attached to an aromatic ring is 1. The Balaban J connectivity index is 2.36. The van der Waals surface area contributed by atoms with Gasteiger partial charge in [-0.3, -0.25) is 5.41 Å². The lowest BCUT2D eigenvalue weighted by molar-refractivity contribution is 0.676. The van der Waals surface area contributed by atoms with Crippen molar-refractivity contribution in [3.8, 4) is 0 Å². The third-order valence-corrected chi connectivity index (χ3v) is 3.74. The molecule has 0 bridgehead atoms. The van der Waals surface area contributed by atoms with Gasteiger partial charge in [-0.25, -0.2) is 4.98 Å². The molecular formula is C14H18N4S. The summed E-state index contributed by atoms with van der Waals surface area (Å²) >= 11 is 1.72. The van der Waals surface area contributed by atoms with Crippen LogP contribution in [0.15, 0.2) is 35.8 Å². The number of pyridine rings is 1. The maximum Gasteiger partial charge on any atom is 0.140 e. The first kappa shape index (κ1) is 13.5. The van der Waals surface area contributed by atoms with Gasteiger partial charge in [-0.1, -0.05) is 6.07 Å². The van der Waals surface area contributed by atoms with Crippen LogP contribution in [0, 0.1) is 5.41 Å². The average molecular weight is 274 g/mol. The van der Waals surface area contributed by atoms with Crippen LogP contribution in [-0.4, -0.2) is 16.9 Å². The molecule has 0 aliphatic rings. The third-order valence-electron chi connectivity index (χ3n) is 2.88. The van der Waals surface area contributed by atoms with E-state index in [9.17, 15) is 0 Å². The number of rotatable bonds is 5. The van der Waals surface area contributed by atoms with Crippen molar-refractivity contribution in [3.05, 3.63) is 46.3 Å². The minimum absolute atomic E-state index is 0.0555. The Labute approximate surface area is 117 Å². The van der Waals surface area contributed by atoms with E-state index in [4.69, 9.17) is 11.1 Å². The number of aromatic nitrogens is 1.